The monoisotopic (exact) mass is 642 g/mol. The molecule has 0 saturated heterocycles. The van der Waals surface area contributed by atoms with Crippen molar-refractivity contribution in [1.82, 2.24) is 15.6 Å². The molecule has 2 atom stereocenters. The van der Waals surface area contributed by atoms with Crippen LogP contribution in [0.5, 0.6) is 11.5 Å². The minimum absolute atomic E-state index is 0.0478. The quantitative estimate of drug-likeness (QED) is 0.196. The Hall–Kier alpha value is -4.42. The van der Waals surface area contributed by atoms with Crippen molar-refractivity contribution in [3.8, 4) is 22.8 Å². The van der Waals surface area contributed by atoms with Gasteiger partial charge in [-0.25, -0.2) is 18.2 Å². The Kier molecular flexibility index (Phi) is 13.1. The molecule has 5 rings (SSSR count). The van der Waals surface area contributed by atoms with Crippen molar-refractivity contribution in [2.75, 3.05) is 33.9 Å². The predicted molar refractivity (Wildman–Crippen MR) is 170 cm³/mol. The number of rotatable bonds is 10. The first-order valence-electron chi connectivity index (χ1n) is 14.9. The number of nitrogens with two attached hydrogens (primary N) is 1. The van der Waals surface area contributed by atoms with Crippen LogP contribution in [0.3, 0.4) is 0 Å². The van der Waals surface area contributed by atoms with Gasteiger partial charge < -0.3 is 35.7 Å². The summed E-state index contributed by atoms with van der Waals surface area (Å²) in [6.45, 7) is 7.66. The molecule has 0 radical (unpaired) electrons. The van der Waals surface area contributed by atoms with Crippen molar-refractivity contribution in [3.63, 3.8) is 0 Å². The van der Waals surface area contributed by atoms with E-state index in [9.17, 15) is 23.1 Å². The van der Waals surface area contributed by atoms with Gasteiger partial charge in [-0.1, -0.05) is 13.5 Å². The van der Waals surface area contributed by atoms with E-state index >= 15 is 0 Å². The molecule has 46 heavy (non-hydrogen) atoms. The van der Waals surface area contributed by atoms with Crippen LogP contribution in [-0.4, -0.2) is 62.2 Å². The lowest BCUT2D eigenvalue weighted by Gasteiger charge is -2.20. The fourth-order valence-corrected chi connectivity index (χ4v) is 4.88. The maximum absolute atomic E-state index is 14.8. The van der Waals surface area contributed by atoms with Crippen LogP contribution < -0.4 is 36.3 Å². The summed E-state index contributed by atoms with van der Waals surface area (Å²) in [6, 6.07) is 7.54. The van der Waals surface area contributed by atoms with Gasteiger partial charge in [0, 0.05) is 70.1 Å². The van der Waals surface area contributed by atoms with Crippen LogP contribution in [0.4, 0.5) is 13.2 Å². The van der Waals surface area contributed by atoms with Gasteiger partial charge in [-0.3, -0.25) is 4.79 Å². The first kappa shape index (κ1) is 36.1. The molecule has 248 valence electrons. The second kappa shape index (κ2) is 16.8. The van der Waals surface area contributed by atoms with E-state index in [0.717, 1.165) is 42.0 Å². The number of benzene rings is 2. The molecule has 0 bridgehead atoms. The number of halogens is 3. The molecule has 12 heteroatoms. The Morgan fingerprint density at radius 3 is 2.54 bits per heavy atom. The van der Waals surface area contributed by atoms with E-state index in [1.165, 1.54) is 21.1 Å². The second-order valence-corrected chi connectivity index (χ2v) is 10.7. The van der Waals surface area contributed by atoms with Crippen LogP contribution in [-0.2, 0) is 4.79 Å². The summed E-state index contributed by atoms with van der Waals surface area (Å²) in [7, 11) is 3.01. The molecule has 2 aliphatic rings. The number of aldehydes is 1. The van der Waals surface area contributed by atoms with Gasteiger partial charge in [0.05, 0.1) is 13.7 Å². The highest BCUT2D eigenvalue weighted by Crippen LogP contribution is 2.43. The summed E-state index contributed by atoms with van der Waals surface area (Å²) in [6.07, 6.45) is 5.02. The number of aliphatic hydroxyl groups excluding tert-OH is 1. The third kappa shape index (κ3) is 8.43. The lowest BCUT2D eigenvalue weighted by molar-refractivity contribution is -0.106. The fourth-order valence-electron chi connectivity index (χ4n) is 4.88. The number of carbonyl (C=O) groups excluding carboxylic acids is 2. The number of ether oxygens (including phenoxy) is 2. The summed E-state index contributed by atoms with van der Waals surface area (Å²) in [5.74, 6) is -4.37. The van der Waals surface area contributed by atoms with Crippen molar-refractivity contribution >= 4 is 25.0 Å². The number of aromatic nitrogens is 1. The lowest BCUT2D eigenvalue weighted by atomic mass is 9.94. The molecule has 1 amide bonds. The molecule has 3 aromatic rings. The van der Waals surface area contributed by atoms with E-state index in [1.807, 2.05) is 13.1 Å². The minimum Gasteiger partial charge on any atom is -0.496 e. The van der Waals surface area contributed by atoms with Crippen LogP contribution in [0.1, 0.15) is 66.6 Å². The normalized spacial score (nSPS) is 15.7. The van der Waals surface area contributed by atoms with E-state index < -0.39 is 23.4 Å². The van der Waals surface area contributed by atoms with Crippen LogP contribution >= 0.6 is 0 Å². The number of hydrogen-bond acceptors (Lipinski definition) is 8. The van der Waals surface area contributed by atoms with Crippen LogP contribution in [0.15, 0.2) is 30.3 Å². The maximum atomic E-state index is 14.8. The summed E-state index contributed by atoms with van der Waals surface area (Å²) >= 11 is 0. The van der Waals surface area contributed by atoms with Gasteiger partial charge in [0.1, 0.15) is 23.5 Å². The number of aliphatic hydroxyl groups is 1. The molecule has 1 aliphatic heterocycles. The van der Waals surface area contributed by atoms with E-state index in [1.54, 1.807) is 18.2 Å². The molecule has 5 N–H and O–H groups in total. The van der Waals surface area contributed by atoms with Crippen molar-refractivity contribution < 1.29 is 37.3 Å². The summed E-state index contributed by atoms with van der Waals surface area (Å²) in [4.78, 5) is 26.7. The first-order valence-corrected chi connectivity index (χ1v) is 14.9. The number of carbonyl (C=O) groups is 2. The van der Waals surface area contributed by atoms with Gasteiger partial charge in [-0.05, 0) is 63.6 Å². The summed E-state index contributed by atoms with van der Waals surface area (Å²) in [5, 5.41) is 17.4. The van der Waals surface area contributed by atoms with E-state index in [2.05, 4.69) is 27.9 Å². The number of nitrogens with zero attached hydrogens (tertiary/aromatic N) is 1. The number of nitrogens with one attached hydrogen (secondary N) is 2. The number of fused-ring (bicyclic) bond motifs is 1. The molecule has 0 spiro atoms. The standard InChI is InChI=1S/C31H32F3N3O4.C2H4O.CH5N/c1-16-15-41-30-23(16)12-25(37-29(30)22-6-7-24(32)28(34)27(22)33)18(8-9-38)13-36-31(39)19-10-20(14-35-21-4-5-21)17(2)26(11-19)40-3;1-2-3;1-2/h6-7,10-12,14,16,18,21,35,38H,2,4-5,8-9,13,15H2,1,3H3,(H,36,39);2H,1H3;2H2,1H3/b20-14-;;. The Morgan fingerprint density at radius 2 is 1.91 bits per heavy atom. The largest absolute Gasteiger partial charge is 0.496 e. The van der Waals surface area contributed by atoms with Crippen LogP contribution in [0.25, 0.3) is 24.0 Å². The molecular formula is C34H41F3N4O5. The summed E-state index contributed by atoms with van der Waals surface area (Å²) < 4.78 is 53.8. The number of methoxy groups -OCH3 is 1. The van der Waals surface area contributed by atoms with Crippen molar-refractivity contribution in [1.29, 1.82) is 0 Å². The third-order valence-electron chi connectivity index (χ3n) is 7.50. The predicted octanol–water partition coefficient (Wildman–Crippen LogP) is 3.25. The van der Waals surface area contributed by atoms with Gasteiger partial charge in [0.25, 0.3) is 5.91 Å². The maximum Gasteiger partial charge on any atom is 0.251 e. The topological polar surface area (TPSA) is 136 Å². The highest BCUT2D eigenvalue weighted by Gasteiger charge is 2.30. The van der Waals surface area contributed by atoms with Gasteiger partial charge in [-0.15, -0.1) is 0 Å². The lowest BCUT2D eigenvalue weighted by Crippen LogP contribution is -2.33. The molecule has 1 saturated carbocycles. The average molecular weight is 643 g/mol. The zero-order valence-electron chi connectivity index (χ0n) is 26.5. The zero-order valence-corrected chi connectivity index (χ0v) is 26.5. The van der Waals surface area contributed by atoms with E-state index in [0.29, 0.717) is 40.6 Å². The SMILES string of the molecule is C=c1c(OC)cc(C(=O)NCC(CCO)c2cc3c(c(-c4ccc(F)c(F)c4F)n2)OCC3C)c/c1=C/NC1CC1.CC=O.CN. The Balaban J connectivity index is 0.00000109. The van der Waals surface area contributed by atoms with Crippen molar-refractivity contribution in [2.24, 2.45) is 5.73 Å². The minimum atomic E-state index is -1.60. The first-order chi connectivity index (χ1) is 22.1. The smallest absolute Gasteiger partial charge is 0.251 e. The second-order valence-electron chi connectivity index (χ2n) is 10.7. The van der Waals surface area contributed by atoms with E-state index in [4.69, 9.17) is 14.3 Å². The Bertz CT molecular complexity index is 1650. The van der Waals surface area contributed by atoms with Crippen molar-refractivity contribution in [3.05, 3.63) is 75.0 Å². The molecule has 2 heterocycles. The number of pyridine rings is 1. The molecule has 1 aromatic heterocycles. The Morgan fingerprint density at radius 1 is 1.22 bits per heavy atom. The van der Waals surface area contributed by atoms with Gasteiger partial charge in [0.2, 0.25) is 0 Å². The number of hydrogen-bond donors (Lipinski definition) is 4. The number of amides is 1. The summed E-state index contributed by atoms with van der Waals surface area (Å²) in [5.41, 5.74) is 5.89. The van der Waals surface area contributed by atoms with Gasteiger partial charge >= 0.3 is 0 Å². The molecule has 2 unspecified atom stereocenters. The zero-order chi connectivity index (χ0) is 34.0. The highest BCUT2D eigenvalue weighted by atomic mass is 19.2. The molecule has 2 aromatic carbocycles. The van der Waals surface area contributed by atoms with Gasteiger partial charge in [0.15, 0.2) is 17.5 Å². The van der Waals surface area contributed by atoms with Crippen molar-refractivity contribution in [2.45, 2.75) is 51.0 Å². The Labute approximate surface area is 266 Å². The van der Waals surface area contributed by atoms with E-state index in [-0.39, 0.29) is 42.7 Å². The molecule has 1 fully saturated rings. The van der Waals surface area contributed by atoms with Crippen LogP contribution in [0.2, 0.25) is 0 Å². The molecule has 1 aliphatic carbocycles. The van der Waals surface area contributed by atoms with Crippen LogP contribution in [0, 0.1) is 17.5 Å². The highest BCUT2D eigenvalue weighted by molar-refractivity contribution is 5.94. The molecule has 9 nitrogen and oxygen atoms in total. The van der Waals surface area contributed by atoms with Gasteiger partial charge in [-0.2, -0.15) is 0 Å². The third-order valence-corrected chi connectivity index (χ3v) is 7.50. The average Bonchev–Trinajstić information content (AvgIpc) is 3.82. The molecular weight excluding hydrogens is 601 g/mol. The fraction of sp³-hybridized carbons (Fsp3) is 0.382.